The number of esters is 1. The highest BCUT2D eigenvalue weighted by Crippen LogP contribution is 2.34. The molecular formula is C39H42N2O4. The minimum Gasteiger partial charge on any atom is -0.488 e. The molecule has 0 unspecified atom stereocenters. The van der Waals surface area contributed by atoms with Crippen LogP contribution in [0.2, 0.25) is 0 Å². The Morgan fingerprint density at radius 3 is 2.18 bits per heavy atom. The fraction of sp³-hybridized carbons (Fsp3) is 0.333. The number of benzene rings is 4. The number of amides is 1. The van der Waals surface area contributed by atoms with E-state index in [0.29, 0.717) is 30.4 Å². The van der Waals surface area contributed by atoms with Gasteiger partial charge in [-0.2, -0.15) is 0 Å². The second-order valence-corrected chi connectivity index (χ2v) is 12.2. The molecule has 6 heteroatoms. The van der Waals surface area contributed by atoms with Crippen LogP contribution in [0.25, 0.3) is 0 Å². The lowest BCUT2D eigenvalue weighted by Crippen LogP contribution is -2.43. The second-order valence-electron chi connectivity index (χ2n) is 12.2. The van der Waals surface area contributed by atoms with Crippen LogP contribution in [-0.2, 0) is 29.3 Å². The molecule has 1 saturated heterocycles. The molecule has 1 N–H and O–H groups in total. The molecule has 1 atom stereocenters. The highest BCUT2D eigenvalue weighted by atomic mass is 16.5. The smallest absolute Gasteiger partial charge is 0.338 e. The minimum absolute atomic E-state index is 0.0545. The van der Waals surface area contributed by atoms with Crippen LogP contribution in [-0.4, -0.2) is 24.5 Å². The molecule has 6 rings (SSSR count). The number of nitrogens with zero attached hydrogens (tertiary/aromatic N) is 1. The van der Waals surface area contributed by atoms with Crippen molar-refractivity contribution in [1.29, 1.82) is 0 Å². The normalized spacial score (nSPS) is 16.7. The van der Waals surface area contributed by atoms with E-state index in [0.717, 1.165) is 41.8 Å². The average Bonchev–Trinajstić information content (AvgIpc) is 3.65. The average molecular weight is 603 g/mol. The number of rotatable bonds is 11. The summed E-state index contributed by atoms with van der Waals surface area (Å²) >= 11 is 0. The SMILES string of the molecule is O=C(OCc1ccc(N(Cc2ccc(C3CCCCC3)cc2)C(=O)[C@H]2CCCN2)cc1OCc1ccccc1)c1ccccc1. The molecule has 1 saturated carbocycles. The Morgan fingerprint density at radius 1 is 0.733 bits per heavy atom. The molecule has 2 fully saturated rings. The molecule has 4 aromatic rings. The molecule has 1 aliphatic heterocycles. The van der Waals surface area contributed by atoms with Crippen molar-refractivity contribution in [3.63, 3.8) is 0 Å². The predicted octanol–water partition coefficient (Wildman–Crippen LogP) is 7.96. The monoisotopic (exact) mass is 602 g/mol. The third kappa shape index (κ3) is 8.00. The molecule has 0 aromatic heterocycles. The quantitative estimate of drug-likeness (QED) is 0.177. The Labute approximate surface area is 266 Å². The highest BCUT2D eigenvalue weighted by molar-refractivity contribution is 5.97. The van der Waals surface area contributed by atoms with Crippen LogP contribution in [0, 0.1) is 0 Å². The van der Waals surface area contributed by atoms with Crippen molar-refractivity contribution in [2.75, 3.05) is 11.4 Å². The van der Waals surface area contributed by atoms with Crippen molar-refractivity contribution in [1.82, 2.24) is 5.32 Å². The summed E-state index contributed by atoms with van der Waals surface area (Å²) in [6.45, 7) is 1.71. The van der Waals surface area contributed by atoms with Gasteiger partial charge in [-0.1, -0.05) is 92.1 Å². The van der Waals surface area contributed by atoms with E-state index in [1.165, 1.54) is 37.7 Å². The molecular weight excluding hydrogens is 560 g/mol. The zero-order valence-corrected chi connectivity index (χ0v) is 25.8. The molecule has 1 amide bonds. The number of anilines is 1. The number of ether oxygens (including phenoxy) is 2. The van der Waals surface area contributed by atoms with Crippen molar-refractivity contribution in [2.24, 2.45) is 0 Å². The summed E-state index contributed by atoms with van der Waals surface area (Å²) in [6, 6.07) is 33.3. The van der Waals surface area contributed by atoms with E-state index < -0.39 is 5.97 Å². The van der Waals surface area contributed by atoms with E-state index >= 15 is 0 Å². The first kappa shape index (κ1) is 30.6. The predicted molar refractivity (Wildman–Crippen MR) is 177 cm³/mol. The molecule has 1 heterocycles. The van der Waals surface area contributed by atoms with Gasteiger partial charge in [0, 0.05) is 17.3 Å². The highest BCUT2D eigenvalue weighted by Gasteiger charge is 2.29. The Balaban J connectivity index is 1.26. The lowest BCUT2D eigenvalue weighted by molar-refractivity contribution is -0.120. The summed E-state index contributed by atoms with van der Waals surface area (Å²) in [7, 11) is 0. The van der Waals surface area contributed by atoms with Crippen LogP contribution in [0.5, 0.6) is 5.75 Å². The maximum atomic E-state index is 14.0. The minimum atomic E-state index is -0.394. The topological polar surface area (TPSA) is 67.9 Å². The van der Waals surface area contributed by atoms with Gasteiger partial charge in [-0.05, 0) is 79.1 Å². The summed E-state index contributed by atoms with van der Waals surface area (Å²) in [4.78, 5) is 28.6. The second kappa shape index (κ2) is 15.0. The molecule has 0 radical (unpaired) electrons. The Morgan fingerprint density at radius 2 is 1.47 bits per heavy atom. The van der Waals surface area contributed by atoms with Crippen molar-refractivity contribution in [3.05, 3.63) is 131 Å². The van der Waals surface area contributed by atoms with Gasteiger partial charge >= 0.3 is 5.97 Å². The summed E-state index contributed by atoms with van der Waals surface area (Å²) in [5, 5.41) is 3.39. The first-order valence-corrected chi connectivity index (χ1v) is 16.3. The fourth-order valence-electron chi connectivity index (χ4n) is 6.39. The van der Waals surface area contributed by atoms with E-state index in [1.807, 2.05) is 71.6 Å². The first-order chi connectivity index (χ1) is 22.1. The van der Waals surface area contributed by atoms with Gasteiger partial charge in [-0.25, -0.2) is 4.79 Å². The lowest BCUT2D eigenvalue weighted by Gasteiger charge is -2.27. The van der Waals surface area contributed by atoms with E-state index in [9.17, 15) is 9.59 Å². The van der Waals surface area contributed by atoms with Gasteiger partial charge in [0.1, 0.15) is 19.0 Å². The van der Waals surface area contributed by atoms with Crippen molar-refractivity contribution in [3.8, 4) is 5.75 Å². The molecule has 6 nitrogen and oxygen atoms in total. The van der Waals surface area contributed by atoms with Gasteiger partial charge in [0.05, 0.1) is 18.2 Å². The number of carbonyl (C=O) groups excluding carboxylic acids is 2. The molecule has 0 bridgehead atoms. The third-order valence-electron chi connectivity index (χ3n) is 8.99. The standard InChI is InChI=1S/C39H42N2O4/c42-38(36-17-10-24-40-36)41(26-29-18-20-32(21-19-29)31-13-6-2-7-14-31)35-23-22-34(28-45-39(43)33-15-8-3-9-16-33)37(25-35)44-27-30-11-4-1-5-12-30/h1,3-5,8-9,11-12,15-16,18-23,25,31,36,40H,2,6-7,10,13-14,17,24,26-28H2/t36-/m1/s1. The molecule has 232 valence electrons. The number of hydrogen-bond acceptors (Lipinski definition) is 5. The summed E-state index contributed by atoms with van der Waals surface area (Å²) < 4.78 is 12.0. The zero-order valence-electron chi connectivity index (χ0n) is 25.8. The van der Waals surface area contributed by atoms with E-state index in [-0.39, 0.29) is 18.6 Å². The maximum Gasteiger partial charge on any atom is 0.338 e. The molecule has 4 aromatic carbocycles. The first-order valence-electron chi connectivity index (χ1n) is 16.3. The largest absolute Gasteiger partial charge is 0.488 e. The van der Waals surface area contributed by atoms with Crippen molar-refractivity contribution in [2.45, 2.75) is 76.7 Å². The van der Waals surface area contributed by atoms with Crippen LogP contribution in [0.3, 0.4) is 0 Å². The van der Waals surface area contributed by atoms with Gasteiger partial charge in [-0.15, -0.1) is 0 Å². The Hall–Kier alpha value is -4.42. The van der Waals surface area contributed by atoms with Gasteiger partial charge in [0.2, 0.25) is 5.91 Å². The van der Waals surface area contributed by atoms with E-state index in [4.69, 9.17) is 9.47 Å². The van der Waals surface area contributed by atoms with Gasteiger partial charge in [-0.3, -0.25) is 4.79 Å². The van der Waals surface area contributed by atoms with Crippen LogP contribution < -0.4 is 15.0 Å². The zero-order chi connectivity index (χ0) is 30.8. The van der Waals surface area contributed by atoms with E-state index in [2.05, 4.69) is 29.6 Å². The fourth-order valence-corrected chi connectivity index (χ4v) is 6.39. The summed E-state index contributed by atoms with van der Waals surface area (Å²) in [5.74, 6) is 0.888. The Kier molecular flexibility index (Phi) is 10.2. The van der Waals surface area contributed by atoms with Crippen LogP contribution in [0.4, 0.5) is 5.69 Å². The lowest BCUT2D eigenvalue weighted by atomic mass is 9.84. The van der Waals surface area contributed by atoms with Gasteiger partial charge in [0.15, 0.2) is 0 Å². The van der Waals surface area contributed by atoms with E-state index in [1.54, 1.807) is 12.1 Å². The van der Waals surface area contributed by atoms with Crippen molar-refractivity contribution >= 4 is 17.6 Å². The van der Waals surface area contributed by atoms with Gasteiger partial charge in [0.25, 0.3) is 0 Å². The van der Waals surface area contributed by atoms with Crippen molar-refractivity contribution < 1.29 is 19.1 Å². The third-order valence-corrected chi connectivity index (χ3v) is 8.99. The molecule has 2 aliphatic rings. The van der Waals surface area contributed by atoms with Crippen LogP contribution in [0.15, 0.2) is 103 Å². The molecule has 0 spiro atoms. The molecule has 1 aliphatic carbocycles. The number of nitrogens with one attached hydrogen (secondary N) is 1. The van der Waals surface area contributed by atoms with Crippen LogP contribution in [0.1, 0.15) is 83.5 Å². The van der Waals surface area contributed by atoms with Crippen LogP contribution >= 0.6 is 0 Å². The Bertz CT molecular complexity index is 1540. The summed E-state index contributed by atoms with van der Waals surface area (Å²) in [5.41, 5.74) is 5.51. The summed E-state index contributed by atoms with van der Waals surface area (Å²) in [6.07, 6.45) is 8.27. The maximum absolute atomic E-state index is 14.0. The molecule has 45 heavy (non-hydrogen) atoms. The number of hydrogen-bond donors (Lipinski definition) is 1. The van der Waals surface area contributed by atoms with Gasteiger partial charge < -0.3 is 19.7 Å². The number of carbonyl (C=O) groups is 2.